The summed E-state index contributed by atoms with van der Waals surface area (Å²) in [5, 5.41) is 4.46. The monoisotopic (exact) mass is 295 g/mol. The quantitative estimate of drug-likeness (QED) is 0.683. The fourth-order valence-electron chi connectivity index (χ4n) is 2.65. The number of ether oxygens (including phenoxy) is 1. The lowest BCUT2D eigenvalue weighted by Crippen LogP contribution is -2.40. The molecule has 2 rings (SSSR count). The van der Waals surface area contributed by atoms with Gasteiger partial charge < -0.3 is 10.1 Å². The molecule has 0 amide bonds. The maximum atomic E-state index is 6.03. The molecule has 0 bridgehead atoms. The van der Waals surface area contributed by atoms with Gasteiger partial charge in [0.15, 0.2) is 0 Å². The van der Waals surface area contributed by atoms with Gasteiger partial charge in [-0.3, -0.25) is 0 Å². The van der Waals surface area contributed by atoms with E-state index >= 15 is 0 Å². The first kappa shape index (κ1) is 15.8. The number of nitrogens with one attached hydrogen (secondary N) is 1. The van der Waals surface area contributed by atoms with Crippen molar-refractivity contribution in [3.63, 3.8) is 0 Å². The molecular formula is C17H26ClNO. The first-order chi connectivity index (χ1) is 9.79. The third kappa shape index (κ3) is 5.08. The minimum atomic E-state index is 0.676. The van der Waals surface area contributed by atoms with E-state index in [-0.39, 0.29) is 0 Å². The van der Waals surface area contributed by atoms with Crippen molar-refractivity contribution in [1.82, 2.24) is 5.32 Å². The second-order valence-corrected chi connectivity index (χ2v) is 6.13. The molecule has 1 aromatic carbocycles. The normalized spacial score (nSPS) is 21.7. The van der Waals surface area contributed by atoms with E-state index in [0.717, 1.165) is 31.2 Å². The van der Waals surface area contributed by atoms with Crippen LogP contribution in [0.25, 0.3) is 0 Å². The van der Waals surface area contributed by atoms with Crippen molar-refractivity contribution in [1.29, 1.82) is 0 Å². The first-order valence-electron chi connectivity index (χ1n) is 7.86. The summed E-state index contributed by atoms with van der Waals surface area (Å²) in [4.78, 5) is 0. The minimum absolute atomic E-state index is 0.676. The molecule has 1 aliphatic carbocycles. The Hall–Kier alpha value is -0.570. The van der Waals surface area contributed by atoms with Crippen molar-refractivity contribution in [2.24, 2.45) is 0 Å². The molecule has 0 heterocycles. The molecule has 0 saturated heterocycles. The molecule has 0 aromatic heterocycles. The number of rotatable bonds is 9. The Morgan fingerprint density at radius 3 is 2.80 bits per heavy atom. The second-order valence-electron chi connectivity index (χ2n) is 5.69. The summed E-state index contributed by atoms with van der Waals surface area (Å²) >= 11 is 6.03. The molecule has 0 unspecified atom stereocenters. The maximum Gasteiger partial charge on any atom is 0.0478 e. The van der Waals surface area contributed by atoms with E-state index in [1.54, 1.807) is 0 Å². The number of unbranched alkanes of at least 4 members (excludes halogenated alkanes) is 1. The van der Waals surface area contributed by atoms with Crippen LogP contribution < -0.4 is 5.32 Å². The summed E-state index contributed by atoms with van der Waals surface area (Å²) in [7, 11) is 0. The molecule has 2 nitrogen and oxygen atoms in total. The molecule has 0 atom stereocenters. The zero-order valence-corrected chi connectivity index (χ0v) is 13.2. The van der Waals surface area contributed by atoms with Gasteiger partial charge in [0.1, 0.15) is 0 Å². The number of halogens is 1. The molecule has 0 aliphatic heterocycles. The van der Waals surface area contributed by atoms with Gasteiger partial charge in [-0.1, -0.05) is 37.1 Å². The van der Waals surface area contributed by atoms with Gasteiger partial charge in [-0.2, -0.15) is 0 Å². The Bertz CT molecular complexity index is 390. The highest BCUT2D eigenvalue weighted by Gasteiger charge is 2.29. The number of hydrogen-bond acceptors (Lipinski definition) is 2. The smallest absolute Gasteiger partial charge is 0.0478 e. The molecular weight excluding hydrogens is 270 g/mol. The van der Waals surface area contributed by atoms with E-state index in [1.165, 1.54) is 31.2 Å². The van der Waals surface area contributed by atoms with Crippen LogP contribution in [0.5, 0.6) is 0 Å². The molecule has 112 valence electrons. The van der Waals surface area contributed by atoms with Gasteiger partial charge in [-0.05, 0) is 55.8 Å². The minimum Gasteiger partial charge on any atom is -0.381 e. The molecule has 0 radical (unpaired) electrons. The molecule has 20 heavy (non-hydrogen) atoms. The van der Waals surface area contributed by atoms with Gasteiger partial charge in [0.05, 0.1) is 0 Å². The zero-order valence-electron chi connectivity index (χ0n) is 12.4. The van der Waals surface area contributed by atoms with Gasteiger partial charge in [0, 0.05) is 24.3 Å². The average Bonchev–Trinajstić information content (AvgIpc) is 2.39. The average molecular weight is 296 g/mol. The van der Waals surface area contributed by atoms with Crippen molar-refractivity contribution >= 4 is 11.6 Å². The van der Waals surface area contributed by atoms with Crippen LogP contribution in [0.4, 0.5) is 0 Å². The van der Waals surface area contributed by atoms with Gasteiger partial charge in [-0.25, -0.2) is 0 Å². The first-order valence-corrected chi connectivity index (χ1v) is 8.24. The van der Waals surface area contributed by atoms with E-state index in [9.17, 15) is 0 Å². The third-order valence-corrected chi connectivity index (χ3v) is 4.23. The predicted molar refractivity (Wildman–Crippen MR) is 85.6 cm³/mol. The Morgan fingerprint density at radius 1 is 1.25 bits per heavy atom. The zero-order chi connectivity index (χ0) is 14.2. The maximum absolute atomic E-state index is 6.03. The highest BCUT2D eigenvalue weighted by molar-refractivity contribution is 6.30. The van der Waals surface area contributed by atoms with Crippen molar-refractivity contribution in [2.45, 2.75) is 51.0 Å². The molecule has 0 spiro atoms. The van der Waals surface area contributed by atoms with Crippen LogP contribution in [0.3, 0.4) is 0 Å². The highest BCUT2D eigenvalue weighted by Crippen LogP contribution is 2.37. The van der Waals surface area contributed by atoms with Crippen LogP contribution in [0, 0.1) is 0 Å². The molecule has 1 aliphatic rings. The van der Waals surface area contributed by atoms with Crippen LogP contribution in [0.15, 0.2) is 24.3 Å². The molecule has 1 saturated carbocycles. The van der Waals surface area contributed by atoms with Crippen molar-refractivity contribution in [2.75, 3.05) is 19.8 Å². The summed E-state index contributed by atoms with van der Waals surface area (Å²) in [5.74, 6) is 0.687. The molecule has 1 N–H and O–H groups in total. The van der Waals surface area contributed by atoms with Crippen LogP contribution in [0.2, 0.25) is 5.02 Å². The number of hydrogen-bond donors (Lipinski definition) is 1. The predicted octanol–water partition coefficient (Wildman–Crippen LogP) is 4.38. The Labute approximate surface area is 127 Å². The Kier molecular flexibility index (Phi) is 6.85. The van der Waals surface area contributed by atoms with Crippen LogP contribution in [-0.4, -0.2) is 25.8 Å². The third-order valence-electron chi connectivity index (χ3n) is 4.00. The van der Waals surface area contributed by atoms with Crippen LogP contribution >= 0.6 is 11.6 Å². The Balaban J connectivity index is 1.52. The van der Waals surface area contributed by atoms with E-state index in [1.807, 2.05) is 12.1 Å². The largest absolute Gasteiger partial charge is 0.381 e. The Morgan fingerprint density at radius 2 is 2.05 bits per heavy atom. The number of benzene rings is 1. The van der Waals surface area contributed by atoms with Gasteiger partial charge in [0.25, 0.3) is 0 Å². The van der Waals surface area contributed by atoms with Gasteiger partial charge >= 0.3 is 0 Å². The van der Waals surface area contributed by atoms with Crippen molar-refractivity contribution in [3.8, 4) is 0 Å². The SMILES string of the molecule is CCCCOCCCNC1CC(c2cccc(Cl)c2)C1. The van der Waals surface area contributed by atoms with Gasteiger partial charge in [0.2, 0.25) is 0 Å². The summed E-state index contributed by atoms with van der Waals surface area (Å²) in [6.07, 6.45) is 5.97. The van der Waals surface area contributed by atoms with Crippen LogP contribution in [0.1, 0.15) is 50.5 Å². The highest BCUT2D eigenvalue weighted by atomic mass is 35.5. The van der Waals surface area contributed by atoms with E-state index in [4.69, 9.17) is 16.3 Å². The summed E-state index contributed by atoms with van der Waals surface area (Å²) in [6.45, 7) is 5.06. The lowest BCUT2D eigenvalue weighted by Gasteiger charge is -2.36. The topological polar surface area (TPSA) is 21.3 Å². The summed E-state index contributed by atoms with van der Waals surface area (Å²) in [6, 6.07) is 8.96. The lowest BCUT2D eigenvalue weighted by atomic mass is 9.76. The lowest BCUT2D eigenvalue weighted by molar-refractivity contribution is 0.127. The fourth-order valence-corrected chi connectivity index (χ4v) is 2.84. The van der Waals surface area contributed by atoms with E-state index in [0.29, 0.717) is 12.0 Å². The molecule has 1 aromatic rings. The van der Waals surface area contributed by atoms with Crippen LogP contribution in [-0.2, 0) is 4.74 Å². The van der Waals surface area contributed by atoms with Crippen molar-refractivity contribution < 1.29 is 4.74 Å². The second kappa shape index (κ2) is 8.66. The van der Waals surface area contributed by atoms with Crippen molar-refractivity contribution in [3.05, 3.63) is 34.9 Å². The standard InChI is InChI=1S/C17H26ClNO/c1-2-3-9-20-10-5-8-19-17-12-15(13-17)14-6-4-7-16(18)11-14/h4,6-7,11,15,17,19H,2-3,5,8-10,12-13H2,1H3. The summed E-state index contributed by atoms with van der Waals surface area (Å²) < 4.78 is 5.56. The fraction of sp³-hybridized carbons (Fsp3) is 0.647. The molecule has 1 fully saturated rings. The van der Waals surface area contributed by atoms with E-state index in [2.05, 4.69) is 24.4 Å². The van der Waals surface area contributed by atoms with E-state index < -0.39 is 0 Å². The molecule has 3 heteroatoms. The summed E-state index contributed by atoms with van der Waals surface area (Å²) in [5.41, 5.74) is 1.39. The van der Waals surface area contributed by atoms with Gasteiger partial charge in [-0.15, -0.1) is 0 Å².